The van der Waals surface area contributed by atoms with Gasteiger partial charge in [0.05, 0.1) is 37.1 Å². The molecule has 0 bridgehead atoms. The van der Waals surface area contributed by atoms with Gasteiger partial charge in [-0.1, -0.05) is 168 Å². The zero-order valence-corrected chi connectivity index (χ0v) is 42.5. The van der Waals surface area contributed by atoms with E-state index >= 15 is 0 Å². The summed E-state index contributed by atoms with van der Waals surface area (Å²) in [6.07, 6.45) is 14.6. The van der Waals surface area contributed by atoms with Crippen molar-refractivity contribution in [3.63, 3.8) is 0 Å². The van der Waals surface area contributed by atoms with Crippen LogP contribution in [0.5, 0.6) is 0 Å². The summed E-state index contributed by atoms with van der Waals surface area (Å²) in [4.78, 5) is 0. The second kappa shape index (κ2) is 22.9. The molecule has 0 aliphatic rings. The molecule has 4 heteroatoms. The Hall–Kier alpha value is -5.30. The Balaban J connectivity index is 0.000000177. The normalized spacial score (nSPS) is 11.0. The third kappa shape index (κ3) is 10.9. The minimum Gasteiger partial charge on any atom is -0.366 e. The van der Waals surface area contributed by atoms with Crippen LogP contribution in [-0.2, 0) is 44.8 Å². The van der Waals surface area contributed by atoms with Crippen molar-refractivity contribution in [1.82, 2.24) is 0 Å². The third-order valence-electron chi connectivity index (χ3n) is 12.8. The van der Waals surface area contributed by atoms with Gasteiger partial charge in [-0.25, -0.2) is 0 Å². The average Bonchev–Trinajstić information content (AvgIpc) is 3.34. The van der Waals surface area contributed by atoms with Crippen LogP contribution in [-0.4, -0.2) is 10.3 Å². The molecule has 0 unspecified atom stereocenters. The van der Waals surface area contributed by atoms with E-state index in [2.05, 4.69) is 222 Å². The van der Waals surface area contributed by atoms with E-state index in [1.807, 2.05) is 48.5 Å². The van der Waals surface area contributed by atoms with Gasteiger partial charge in [-0.2, -0.15) is 0 Å². The maximum Gasteiger partial charge on any atom is 1.00 e. The molecular formula is C62H52Ag2P2+2. The predicted octanol–water partition coefficient (Wildman–Crippen LogP) is 14.1. The van der Waals surface area contributed by atoms with Crippen LogP contribution in [0.15, 0.2) is 231 Å². The largest absolute Gasteiger partial charge is 1.00 e. The Morgan fingerprint density at radius 1 is 0.303 bits per heavy atom. The molecule has 0 saturated carbocycles. The van der Waals surface area contributed by atoms with E-state index < -0.39 is 15.8 Å². The first kappa shape index (κ1) is 50.1. The van der Waals surface area contributed by atoms with Crippen molar-refractivity contribution < 1.29 is 44.8 Å². The first-order valence-corrected chi connectivity index (χ1v) is 24.8. The first-order valence-electron chi connectivity index (χ1n) is 21.8. The van der Waals surface area contributed by atoms with Crippen molar-refractivity contribution in [1.29, 1.82) is 0 Å². The Bertz CT molecular complexity index is 2940. The predicted molar refractivity (Wildman–Crippen MR) is 284 cm³/mol. The van der Waals surface area contributed by atoms with Gasteiger partial charge in [0.25, 0.3) is 0 Å². The number of hydrogen-bond donors (Lipinski definition) is 0. The molecule has 0 aliphatic heterocycles. The number of rotatable bonds is 7. The maximum atomic E-state index is 7.28. The molecule has 66 heavy (non-hydrogen) atoms. The molecule has 330 valence electrons. The summed E-state index contributed by atoms with van der Waals surface area (Å²) in [5, 5.41) is 15.5. The van der Waals surface area contributed by atoms with E-state index in [0.29, 0.717) is 0 Å². The average molecular weight is 1070 g/mol. The van der Waals surface area contributed by atoms with Crippen LogP contribution < -0.4 is 21.2 Å². The molecule has 0 aliphatic carbocycles. The van der Waals surface area contributed by atoms with E-state index in [9.17, 15) is 0 Å². The Morgan fingerprint density at radius 2 is 0.545 bits per heavy atom. The Labute approximate surface area is 425 Å². The molecule has 0 atom stereocenters. The van der Waals surface area contributed by atoms with Gasteiger partial charge in [-0.15, -0.1) is 23.3 Å². The SMILES string of the molecule is CC(C)([PH+](c1ccccc1)c1ccccc1)C(C)(C)[PH+](c1ccccc1)c1ccccc1.[Ag+].[Ag+].[C-]#Cc1cccc2cc3ccccc3cc12.[C-]#Cc1cccc2cc3ccccc3cc12. The first-order chi connectivity index (χ1) is 31.2. The van der Waals surface area contributed by atoms with E-state index in [4.69, 9.17) is 12.8 Å². The van der Waals surface area contributed by atoms with Crippen molar-refractivity contribution in [2.75, 3.05) is 0 Å². The van der Waals surface area contributed by atoms with Gasteiger partial charge >= 0.3 is 44.8 Å². The molecule has 10 aromatic carbocycles. The number of benzene rings is 10. The summed E-state index contributed by atoms with van der Waals surface area (Å²) in [5.41, 5.74) is 1.70. The summed E-state index contributed by atoms with van der Waals surface area (Å²) < 4.78 is 0. The van der Waals surface area contributed by atoms with Gasteiger partial charge in [-0.3, -0.25) is 11.8 Å². The Morgan fingerprint density at radius 3 is 0.818 bits per heavy atom. The van der Waals surface area contributed by atoms with Crippen LogP contribution in [0.4, 0.5) is 0 Å². The number of fused-ring (bicyclic) bond motifs is 4. The zero-order chi connectivity index (χ0) is 44.5. The number of hydrogen-bond acceptors (Lipinski definition) is 0. The molecule has 0 N–H and O–H groups in total. The molecule has 0 amide bonds. The molecule has 0 spiro atoms. The van der Waals surface area contributed by atoms with Crippen LogP contribution in [0.3, 0.4) is 0 Å². The van der Waals surface area contributed by atoms with Crippen LogP contribution >= 0.6 is 15.8 Å². The van der Waals surface area contributed by atoms with Crippen LogP contribution in [0, 0.1) is 24.7 Å². The van der Waals surface area contributed by atoms with Gasteiger partial charge in [0.2, 0.25) is 0 Å². The standard InChI is InChI=1S/C30H32P2.2C16H9.2Ag/c1-29(2,31(25-17-9-5-10-18-25)26-19-11-6-12-20-26)30(3,4)32(27-21-13-7-14-22-27)28-23-15-8-16-24-28;2*1-2-12-8-5-9-15-10-13-6-3-4-7-14(13)11-16(12)15;;/h5-24H,1-4H3;2*3-11H;;/q;2*-1;2*+1/p+2. The van der Waals surface area contributed by atoms with Crippen molar-refractivity contribution in [3.8, 4) is 11.8 Å². The minimum atomic E-state index is -1.07. The summed E-state index contributed by atoms with van der Waals surface area (Å²) in [7, 11) is -2.13. The minimum absolute atomic E-state index is 0. The molecule has 0 aromatic heterocycles. The van der Waals surface area contributed by atoms with Crippen LogP contribution in [0.1, 0.15) is 38.8 Å². The molecule has 0 fully saturated rings. The second-order valence-electron chi connectivity index (χ2n) is 17.2. The van der Waals surface area contributed by atoms with E-state index in [0.717, 1.165) is 32.7 Å². The van der Waals surface area contributed by atoms with Crippen molar-refractivity contribution >= 4 is 80.2 Å². The summed E-state index contributed by atoms with van der Waals surface area (Å²) >= 11 is 0. The van der Waals surface area contributed by atoms with E-state index in [1.54, 1.807) is 0 Å². The second-order valence-corrected chi connectivity index (χ2v) is 23.5. The summed E-state index contributed by atoms with van der Waals surface area (Å²) in [6.45, 7) is 10.1. The van der Waals surface area contributed by atoms with E-state index in [-0.39, 0.29) is 55.1 Å². The molecule has 0 heterocycles. The van der Waals surface area contributed by atoms with Gasteiger partial charge in [0.15, 0.2) is 0 Å². The van der Waals surface area contributed by atoms with Crippen molar-refractivity contribution in [2.45, 2.75) is 38.0 Å². The smallest absolute Gasteiger partial charge is 0.366 e. The van der Waals surface area contributed by atoms with Gasteiger partial charge in [0.1, 0.15) is 10.3 Å². The van der Waals surface area contributed by atoms with Crippen LogP contribution in [0.25, 0.3) is 43.1 Å². The van der Waals surface area contributed by atoms with Crippen molar-refractivity contribution in [3.05, 3.63) is 254 Å². The van der Waals surface area contributed by atoms with Gasteiger partial charge in [-0.05, 0) is 121 Å². The fourth-order valence-electron chi connectivity index (χ4n) is 8.97. The molecule has 0 saturated heterocycles. The van der Waals surface area contributed by atoms with Crippen molar-refractivity contribution in [2.24, 2.45) is 0 Å². The third-order valence-corrected chi connectivity index (χ3v) is 20.5. The molecule has 0 nitrogen and oxygen atoms in total. The molecule has 10 rings (SSSR count). The Kier molecular flexibility index (Phi) is 17.4. The quantitative estimate of drug-likeness (QED) is 0.0491. The monoisotopic (exact) mass is 1070 g/mol. The zero-order valence-electron chi connectivity index (χ0n) is 37.5. The topological polar surface area (TPSA) is 0 Å². The van der Waals surface area contributed by atoms with Gasteiger partial charge < -0.3 is 12.8 Å². The molecule has 0 radical (unpaired) electrons. The molecule has 10 aromatic rings. The summed E-state index contributed by atoms with van der Waals surface area (Å²) in [5.74, 6) is 4.97. The maximum absolute atomic E-state index is 7.28. The fraction of sp³-hybridized carbons (Fsp3) is 0.0968. The summed E-state index contributed by atoms with van der Waals surface area (Å²) in [6, 6.07) is 81.9. The van der Waals surface area contributed by atoms with Crippen LogP contribution in [0.2, 0.25) is 0 Å². The van der Waals surface area contributed by atoms with Gasteiger partial charge in [0, 0.05) is 0 Å². The van der Waals surface area contributed by atoms with E-state index in [1.165, 1.54) is 42.8 Å². The molecular weight excluding hydrogens is 1020 g/mol. The fourth-order valence-corrected chi connectivity index (χ4v) is 16.6.